The number of aryl methyl sites for hydroxylation is 1. The van der Waals surface area contributed by atoms with Gasteiger partial charge in [-0.25, -0.2) is 0 Å². The normalized spacial score (nSPS) is 12.5. The summed E-state index contributed by atoms with van der Waals surface area (Å²) in [5.74, 6) is 0.311. The monoisotopic (exact) mass is 338 g/mol. The van der Waals surface area contributed by atoms with Crippen LogP contribution < -0.4 is 4.18 Å². The minimum Gasteiger partial charge on any atom is -0.382 e. The Morgan fingerprint density at radius 1 is 0.708 bits per heavy atom. The molecule has 0 aliphatic heterocycles. The van der Waals surface area contributed by atoms with Gasteiger partial charge in [0.15, 0.2) is 0 Å². The average molecular weight is 338 g/mol. The third-order valence-corrected chi connectivity index (χ3v) is 5.27. The van der Waals surface area contributed by atoms with Crippen LogP contribution in [0.4, 0.5) is 0 Å². The maximum Gasteiger partial charge on any atom is 0.320 e. The van der Waals surface area contributed by atoms with Crippen molar-refractivity contribution in [3.8, 4) is 5.75 Å². The van der Waals surface area contributed by atoms with E-state index in [1.165, 1.54) is 0 Å². The molecule has 3 aromatic rings. The molecular formula is C20H18O3S. The second kappa shape index (κ2) is 6.89. The first-order valence-electron chi connectivity index (χ1n) is 7.66. The van der Waals surface area contributed by atoms with Gasteiger partial charge in [-0.1, -0.05) is 78.4 Å². The van der Waals surface area contributed by atoms with Crippen LogP contribution in [-0.4, -0.2) is 8.42 Å². The standard InChI is InChI=1S/C20H18O3S/c1-16-12-14-18(15-13-16)20(17-8-4-2-5-9-17)24(21,22)23-19-10-6-3-7-11-19/h2-15,20H,1H3/t20-/m1/s1. The van der Waals surface area contributed by atoms with Crippen molar-refractivity contribution in [1.29, 1.82) is 0 Å². The zero-order valence-corrected chi connectivity index (χ0v) is 14.1. The molecule has 0 spiro atoms. The third kappa shape index (κ3) is 3.66. The number of rotatable bonds is 5. The lowest BCUT2D eigenvalue weighted by Gasteiger charge is -2.19. The van der Waals surface area contributed by atoms with Crippen LogP contribution in [0.2, 0.25) is 0 Å². The lowest BCUT2D eigenvalue weighted by atomic mass is 10.0. The fourth-order valence-electron chi connectivity index (χ4n) is 2.55. The maximum atomic E-state index is 13.0. The molecule has 0 heterocycles. The van der Waals surface area contributed by atoms with Gasteiger partial charge in [0.1, 0.15) is 11.0 Å². The fraction of sp³-hybridized carbons (Fsp3) is 0.100. The van der Waals surface area contributed by atoms with Gasteiger partial charge in [-0.2, -0.15) is 8.42 Å². The van der Waals surface area contributed by atoms with Gasteiger partial charge in [-0.05, 0) is 30.2 Å². The van der Waals surface area contributed by atoms with Crippen molar-refractivity contribution in [2.45, 2.75) is 12.2 Å². The SMILES string of the molecule is Cc1ccc([C@@H](c2ccccc2)S(=O)(=O)Oc2ccccc2)cc1. The van der Waals surface area contributed by atoms with Crippen LogP contribution in [0, 0.1) is 6.92 Å². The molecule has 0 aliphatic rings. The minimum absolute atomic E-state index is 0.311. The Morgan fingerprint density at radius 2 is 1.21 bits per heavy atom. The molecule has 0 N–H and O–H groups in total. The molecule has 24 heavy (non-hydrogen) atoms. The number of hydrogen-bond acceptors (Lipinski definition) is 3. The van der Waals surface area contributed by atoms with E-state index in [1.807, 2.05) is 55.5 Å². The van der Waals surface area contributed by atoms with E-state index in [0.29, 0.717) is 16.9 Å². The number of para-hydroxylation sites is 1. The zero-order valence-electron chi connectivity index (χ0n) is 13.3. The van der Waals surface area contributed by atoms with E-state index >= 15 is 0 Å². The van der Waals surface area contributed by atoms with Crippen molar-refractivity contribution >= 4 is 10.1 Å². The highest BCUT2D eigenvalue weighted by Gasteiger charge is 2.31. The third-order valence-electron chi connectivity index (χ3n) is 3.73. The largest absolute Gasteiger partial charge is 0.382 e. The van der Waals surface area contributed by atoms with Crippen molar-refractivity contribution in [3.63, 3.8) is 0 Å². The first-order chi connectivity index (χ1) is 11.6. The Hall–Kier alpha value is -2.59. The van der Waals surface area contributed by atoms with E-state index in [9.17, 15) is 8.42 Å². The van der Waals surface area contributed by atoms with Gasteiger partial charge in [0.25, 0.3) is 0 Å². The zero-order chi connectivity index (χ0) is 17.0. The van der Waals surface area contributed by atoms with Crippen LogP contribution in [0.1, 0.15) is 21.9 Å². The van der Waals surface area contributed by atoms with Crippen molar-refractivity contribution in [2.75, 3.05) is 0 Å². The van der Waals surface area contributed by atoms with Gasteiger partial charge in [-0.3, -0.25) is 0 Å². The highest BCUT2D eigenvalue weighted by molar-refractivity contribution is 7.87. The smallest absolute Gasteiger partial charge is 0.320 e. The van der Waals surface area contributed by atoms with Crippen molar-refractivity contribution in [1.82, 2.24) is 0 Å². The molecule has 0 bridgehead atoms. The summed E-state index contributed by atoms with van der Waals surface area (Å²) in [6, 6.07) is 25.2. The molecule has 3 rings (SSSR count). The molecule has 0 saturated heterocycles. The molecule has 122 valence electrons. The van der Waals surface area contributed by atoms with Gasteiger partial charge in [0, 0.05) is 0 Å². The molecule has 0 fully saturated rings. The summed E-state index contributed by atoms with van der Waals surface area (Å²) in [4.78, 5) is 0. The molecule has 4 heteroatoms. The Bertz CT molecular complexity index is 887. The van der Waals surface area contributed by atoms with E-state index in [2.05, 4.69) is 0 Å². The van der Waals surface area contributed by atoms with Crippen molar-refractivity contribution in [2.24, 2.45) is 0 Å². The Balaban J connectivity index is 2.05. The fourth-order valence-corrected chi connectivity index (χ4v) is 4.01. The van der Waals surface area contributed by atoms with Crippen LogP contribution in [0.5, 0.6) is 5.75 Å². The first-order valence-corrected chi connectivity index (χ1v) is 9.13. The minimum atomic E-state index is -3.89. The van der Waals surface area contributed by atoms with Crippen LogP contribution in [-0.2, 0) is 10.1 Å². The average Bonchev–Trinajstić information content (AvgIpc) is 2.58. The molecular weight excluding hydrogens is 320 g/mol. The van der Waals surface area contributed by atoms with E-state index < -0.39 is 15.4 Å². The summed E-state index contributed by atoms with van der Waals surface area (Å²) in [6.07, 6.45) is 0. The molecule has 0 radical (unpaired) electrons. The summed E-state index contributed by atoms with van der Waals surface area (Å²) in [5.41, 5.74) is 2.44. The first kappa shape index (κ1) is 16.3. The second-order valence-corrected chi connectivity index (χ2v) is 7.21. The van der Waals surface area contributed by atoms with E-state index in [1.54, 1.807) is 36.4 Å². The van der Waals surface area contributed by atoms with Gasteiger partial charge in [0.05, 0.1) is 0 Å². The summed E-state index contributed by atoms with van der Waals surface area (Å²) in [6.45, 7) is 1.97. The van der Waals surface area contributed by atoms with Crippen LogP contribution in [0.15, 0.2) is 84.9 Å². The predicted octanol–water partition coefficient (Wildman–Crippen LogP) is 4.49. The number of hydrogen-bond donors (Lipinski definition) is 0. The molecule has 0 amide bonds. The molecule has 0 aliphatic carbocycles. The van der Waals surface area contributed by atoms with Gasteiger partial charge in [-0.15, -0.1) is 0 Å². The predicted molar refractivity (Wildman–Crippen MR) is 95.5 cm³/mol. The van der Waals surface area contributed by atoms with Crippen LogP contribution >= 0.6 is 0 Å². The summed E-state index contributed by atoms with van der Waals surface area (Å²) in [5, 5.41) is -0.875. The highest BCUT2D eigenvalue weighted by Crippen LogP contribution is 2.32. The highest BCUT2D eigenvalue weighted by atomic mass is 32.2. The lowest BCUT2D eigenvalue weighted by Crippen LogP contribution is -2.20. The topological polar surface area (TPSA) is 43.4 Å². The van der Waals surface area contributed by atoms with Gasteiger partial charge >= 0.3 is 10.1 Å². The Morgan fingerprint density at radius 3 is 1.79 bits per heavy atom. The summed E-state index contributed by atoms with van der Waals surface area (Å²) >= 11 is 0. The van der Waals surface area contributed by atoms with Crippen molar-refractivity contribution < 1.29 is 12.6 Å². The summed E-state index contributed by atoms with van der Waals surface area (Å²) in [7, 11) is -3.89. The van der Waals surface area contributed by atoms with E-state index in [-0.39, 0.29) is 0 Å². The van der Waals surface area contributed by atoms with Crippen molar-refractivity contribution in [3.05, 3.63) is 102 Å². The van der Waals surface area contributed by atoms with E-state index in [4.69, 9.17) is 4.18 Å². The molecule has 1 atom stereocenters. The lowest BCUT2D eigenvalue weighted by molar-refractivity contribution is 0.478. The molecule has 0 aromatic heterocycles. The van der Waals surface area contributed by atoms with Gasteiger partial charge < -0.3 is 4.18 Å². The maximum absolute atomic E-state index is 13.0. The molecule has 0 saturated carbocycles. The quantitative estimate of drug-likeness (QED) is 0.644. The van der Waals surface area contributed by atoms with Crippen LogP contribution in [0.25, 0.3) is 0 Å². The molecule has 0 unspecified atom stereocenters. The number of benzene rings is 3. The van der Waals surface area contributed by atoms with Crippen LogP contribution in [0.3, 0.4) is 0 Å². The molecule has 3 nitrogen and oxygen atoms in total. The van der Waals surface area contributed by atoms with Gasteiger partial charge in [0.2, 0.25) is 0 Å². The Kier molecular flexibility index (Phi) is 4.67. The molecule has 3 aromatic carbocycles. The second-order valence-electron chi connectivity index (χ2n) is 5.59. The Labute approximate surface area is 142 Å². The summed E-state index contributed by atoms with van der Waals surface area (Å²) < 4.78 is 31.3. The van der Waals surface area contributed by atoms with E-state index in [0.717, 1.165) is 5.56 Å².